The molecule has 0 spiro atoms. The fourth-order valence-electron chi connectivity index (χ4n) is 7.94. The van der Waals surface area contributed by atoms with E-state index in [4.69, 9.17) is 9.98 Å². The maximum Gasteiger partial charge on any atom is 0.0733 e. The molecule has 4 heteroatoms. The normalized spacial score (nSPS) is 20.8. The van der Waals surface area contributed by atoms with E-state index in [9.17, 15) is 0 Å². The van der Waals surface area contributed by atoms with Crippen LogP contribution in [0.3, 0.4) is 0 Å². The molecule has 0 radical (unpaired) electrons. The fourth-order valence-corrected chi connectivity index (χ4v) is 7.94. The Morgan fingerprint density at radius 3 is 1.04 bits per heavy atom. The standard InChI is InChI=1S/C52H64N4/c1-47(2,3)33-25-31(26-34(29-33)48(4,5)6)45-37-17-21-41(53-37)51(13,14)43-23-19-39(55-43)46(32-27-35(49(7,8)9)30-36(28-32)50(10,11)12)40-20-24-44(56-40)52(15,16)42-22-18-38(45)54-42/h17-30,53,55H,1-16H3/b45-38-,46-40-. The molecule has 0 unspecified atom stereocenters. The van der Waals surface area contributed by atoms with Crippen molar-refractivity contribution in [3.05, 3.63) is 153 Å². The van der Waals surface area contributed by atoms with E-state index in [-0.39, 0.29) is 27.1 Å². The second-order valence-electron chi connectivity index (χ2n) is 21.6. The Bertz CT molecular complexity index is 2190. The van der Waals surface area contributed by atoms with Crippen LogP contribution in [0.25, 0.3) is 11.1 Å². The van der Waals surface area contributed by atoms with Gasteiger partial charge in [-0.3, -0.25) is 9.98 Å². The van der Waals surface area contributed by atoms with Crippen LogP contribution in [0.1, 0.15) is 167 Å². The molecular formula is C52H64N4. The summed E-state index contributed by atoms with van der Waals surface area (Å²) in [7, 11) is 0. The number of H-pyrrole nitrogens is 2. The first-order chi connectivity index (χ1) is 25.7. The number of aromatic amines is 2. The fraction of sp³-hybridized carbons (Fsp3) is 0.423. The SMILES string of the molecule is CC1(C)C2=N/C(=C(/c3cc(C(C)(C)C)cc(C(C)(C)C)c3)c3ccc([nH]3)C(C)(C)c3ccc([nH]3)/C(c3cc(C(C)(C)C)cc(C(C)(C)C)c3)=C3/C=CC1=N3)C=C2. The Kier molecular flexibility index (Phi) is 9.12. The van der Waals surface area contributed by atoms with Gasteiger partial charge in [0.1, 0.15) is 0 Å². The number of aliphatic imine (C=N–C) groups is 2. The maximum absolute atomic E-state index is 5.49. The number of allylic oxidation sites excluding steroid dienone is 4. The predicted octanol–water partition coefficient (Wildman–Crippen LogP) is 13.4. The zero-order valence-corrected chi connectivity index (χ0v) is 37.0. The summed E-state index contributed by atoms with van der Waals surface area (Å²) in [6, 6.07) is 23.3. The summed E-state index contributed by atoms with van der Waals surface area (Å²) in [5.74, 6) is 0. The van der Waals surface area contributed by atoms with Crippen LogP contribution in [-0.4, -0.2) is 21.4 Å². The predicted molar refractivity (Wildman–Crippen MR) is 240 cm³/mol. The van der Waals surface area contributed by atoms with E-state index in [1.54, 1.807) is 0 Å². The first kappa shape index (κ1) is 39.5. The van der Waals surface area contributed by atoms with Gasteiger partial charge in [0.25, 0.3) is 0 Å². The number of hydrogen-bond acceptors (Lipinski definition) is 2. The molecule has 0 amide bonds. The van der Waals surface area contributed by atoms with Crippen LogP contribution < -0.4 is 0 Å². The second-order valence-corrected chi connectivity index (χ2v) is 21.6. The van der Waals surface area contributed by atoms with Crippen molar-refractivity contribution in [1.82, 2.24) is 9.97 Å². The van der Waals surface area contributed by atoms with Crippen LogP contribution in [0.15, 0.2) is 106 Å². The lowest BCUT2D eigenvalue weighted by atomic mass is 9.78. The van der Waals surface area contributed by atoms with Crippen molar-refractivity contribution < 1.29 is 0 Å². The summed E-state index contributed by atoms with van der Waals surface area (Å²) in [5, 5.41) is 0. The van der Waals surface area contributed by atoms with Gasteiger partial charge >= 0.3 is 0 Å². The van der Waals surface area contributed by atoms with Crippen molar-refractivity contribution in [2.24, 2.45) is 15.4 Å². The monoisotopic (exact) mass is 745 g/mol. The topological polar surface area (TPSA) is 56.3 Å². The molecule has 8 bridgehead atoms. The summed E-state index contributed by atoms with van der Waals surface area (Å²) < 4.78 is 0. The van der Waals surface area contributed by atoms with Crippen molar-refractivity contribution in [3.8, 4) is 0 Å². The molecule has 292 valence electrons. The Morgan fingerprint density at radius 1 is 0.411 bits per heavy atom. The molecule has 3 aliphatic rings. The molecule has 2 aromatic carbocycles. The molecular weight excluding hydrogens is 681 g/mol. The molecule has 0 fully saturated rings. The molecule has 4 nitrogen and oxygen atoms in total. The Labute approximate surface area is 337 Å². The summed E-state index contributed by atoms with van der Waals surface area (Å²) in [6.07, 6.45) is 8.83. The molecule has 0 aliphatic carbocycles. The van der Waals surface area contributed by atoms with E-state index in [2.05, 4.69) is 206 Å². The van der Waals surface area contributed by atoms with Gasteiger partial charge < -0.3 is 9.97 Å². The molecule has 4 aromatic rings. The van der Waals surface area contributed by atoms with Gasteiger partial charge in [-0.1, -0.05) is 119 Å². The van der Waals surface area contributed by atoms with Crippen LogP contribution in [0, 0.1) is 5.41 Å². The molecule has 0 atom stereocenters. The average molecular weight is 745 g/mol. The van der Waals surface area contributed by atoms with Crippen molar-refractivity contribution in [1.29, 1.82) is 0 Å². The number of hydrogen-bond donors (Lipinski definition) is 2. The van der Waals surface area contributed by atoms with Gasteiger partial charge in [0.15, 0.2) is 0 Å². The van der Waals surface area contributed by atoms with E-state index in [0.29, 0.717) is 0 Å². The quantitative estimate of drug-likeness (QED) is 0.205. The number of aromatic nitrogens is 2. The van der Waals surface area contributed by atoms with Gasteiger partial charge in [-0.2, -0.15) is 0 Å². The third-order valence-corrected chi connectivity index (χ3v) is 12.2. The average Bonchev–Trinajstić information content (AvgIpc) is 3.91. The highest BCUT2D eigenvalue weighted by Crippen LogP contribution is 2.43. The van der Waals surface area contributed by atoms with Gasteiger partial charge in [0.2, 0.25) is 0 Å². The molecule has 0 saturated heterocycles. The van der Waals surface area contributed by atoms with E-state index in [1.807, 2.05) is 0 Å². The van der Waals surface area contributed by atoms with Crippen LogP contribution in [-0.2, 0) is 27.1 Å². The van der Waals surface area contributed by atoms with Crippen LogP contribution >= 0.6 is 0 Å². The third-order valence-electron chi connectivity index (χ3n) is 12.2. The van der Waals surface area contributed by atoms with Crippen molar-refractivity contribution in [3.63, 3.8) is 0 Å². The van der Waals surface area contributed by atoms with Gasteiger partial charge in [0.05, 0.1) is 22.8 Å². The lowest BCUT2D eigenvalue weighted by molar-refractivity contribution is 0.567. The minimum Gasteiger partial charge on any atom is -0.358 e. The molecule has 0 saturated carbocycles. The largest absolute Gasteiger partial charge is 0.358 e. The van der Waals surface area contributed by atoms with Gasteiger partial charge in [-0.05, 0) is 131 Å². The zero-order chi connectivity index (χ0) is 41.0. The highest BCUT2D eigenvalue weighted by molar-refractivity contribution is 6.22. The van der Waals surface area contributed by atoms with Gasteiger partial charge in [-0.15, -0.1) is 0 Å². The Morgan fingerprint density at radius 2 is 0.732 bits per heavy atom. The lowest BCUT2D eigenvalue weighted by Gasteiger charge is -2.27. The van der Waals surface area contributed by atoms with Crippen molar-refractivity contribution in [2.75, 3.05) is 0 Å². The van der Waals surface area contributed by atoms with Crippen LogP contribution in [0.4, 0.5) is 0 Å². The highest BCUT2D eigenvalue weighted by atomic mass is 14.9. The van der Waals surface area contributed by atoms with E-state index < -0.39 is 5.41 Å². The first-order valence-corrected chi connectivity index (χ1v) is 20.5. The number of nitrogens with one attached hydrogen (secondary N) is 2. The molecule has 5 heterocycles. The number of nitrogens with zero attached hydrogens (tertiary/aromatic N) is 2. The summed E-state index contributed by atoms with van der Waals surface area (Å²) in [5.41, 5.74) is 17.4. The highest BCUT2D eigenvalue weighted by Gasteiger charge is 2.35. The number of fused-ring (bicyclic) bond motifs is 6. The van der Waals surface area contributed by atoms with Crippen LogP contribution in [0.2, 0.25) is 0 Å². The zero-order valence-electron chi connectivity index (χ0n) is 37.0. The van der Waals surface area contributed by atoms with Gasteiger partial charge in [0, 0.05) is 44.8 Å². The van der Waals surface area contributed by atoms with Gasteiger partial charge in [-0.25, -0.2) is 0 Å². The minimum absolute atomic E-state index is 0.0188. The van der Waals surface area contributed by atoms with Crippen molar-refractivity contribution >= 4 is 22.6 Å². The third kappa shape index (κ3) is 7.10. The summed E-state index contributed by atoms with van der Waals surface area (Å²) >= 11 is 0. The molecule has 2 aromatic heterocycles. The van der Waals surface area contributed by atoms with Crippen LogP contribution in [0.5, 0.6) is 0 Å². The maximum atomic E-state index is 5.49. The number of rotatable bonds is 2. The summed E-state index contributed by atoms with van der Waals surface area (Å²) in [6.45, 7) is 36.8. The Hall–Kier alpha value is -4.70. The molecule has 3 aliphatic heterocycles. The minimum atomic E-state index is -0.443. The van der Waals surface area contributed by atoms with E-state index in [0.717, 1.165) is 56.7 Å². The molecule has 7 rings (SSSR count). The smallest absolute Gasteiger partial charge is 0.0733 e. The number of benzene rings is 2. The molecule has 2 N–H and O–H groups in total. The summed E-state index contributed by atoms with van der Waals surface area (Å²) in [4.78, 5) is 18.9. The lowest BCUT2D eigenvalue weighted by Crippen LogP contribution is -2.30. The first-order valence-electron chi connectivity index (χ1n) is 20.5. The van der Waals surface area contributed by atoms with Crippen molar-refractivity contribution in [2.45, 2.75) is 138 Å². The van der Waals surface area contributed by atoms with E-state index >= 15 is 0 Å². The van der Waals surface area contributed by atoms with E-state index in [1.165, 1.54) is 33.4 Å². The second kappa shape index (κ2) is 12.9. The Balaban J connectivity index is 1.52. The molecule has 56 heavy (non-hydrogen) atoms.